The standard InChI is InChI=1S/C15H15NO3/c1-3-11-13(15(18)19)12(8-17)16-14(11)10-6-4-5-9(2)7-10/h4-8,16H,3H2,1-2H3,(H,18,19). The first-order chi connectivity index (χ1) is 9.08. The smallest absolute Gasteiger partial charge is 0.338 e. The number of benzene rings is 1. The molecule has 0 fully saturated rings. The molecule has 2 rings (SSSR count). The van der Waals surface area contributed by atoms with Gasteiger partial charge >= 0.3 is 5.97 Å². The van der Waals surface area contributed by atoms with E-state index >= 15 is 0 Å². The predicted molar refractivity (Wildman–Crippen MR) is 72.7 cm³/mol. The lowest BCUT2D eigenvalue weighted by molar-refractivity contribution is 0.0693. The van der Waals surface area contributed by atoms with Gasteiger partial charge in [-0.15, -0.1) is 0 Å². The van der Waals surface area contributed by atoms with Crippen LogP contribution < -0.4 is 0 Å². The third-order valence-corrected chi connectivity index (χ3v) is 3.12. The molecule has 1 heterocycles. The van der Waals surface area contributed by atoms with E-state index < -0.39 is 5.97 Å². The summed E-state index contributed by atoms with van der Waals surface area (Å²) in [5, 5.41) is 9.24. The van der Waals surface area contributed by atoms with Gasteiger partial charge in [-0.05, 0) is 30.5 Å². The molecule has 0 spiro atoms. The fourth-order valence-corrected chi connectivity index (χ4v) is 2.29. The van der Waals surface area contributed by atoms with Gasteiger partial charge in [0.15, 0.2) is 6.29 Å². The first-order valence-corrected chi connectivity index (χ1v) is 6.08. The number of hydrogen-bond donors (Lipinski definition) is 2. The molecule has 0 radical (unpaired) electrons. The molecule has 4 nitrogen and oxygen atoms in total. The Morgan fingerprint density at radius 3 is 2.68 bits per heavy atom. The molecule has 0 aliphatic carbocycles. The van der Waals surface area contributed by atoms with Gasteiger partial charge in [0.1, 0.15) is 0 Å². The van der Waals surface area contributed by atoms with Crippen molar-refractivity contribution in [2.45, 2.75) is 20.3 Å². The molecule has 0 saturated heterocycles. The van der Waals surface area contributed by atoms with Crippen molar-refractivity contribution in [3.63, 3.8) is 0 Å². The van der Waals surface area contributed by atoms with Gasteiger partial charge in [0.05, 0.1) is 17.0 Å². The molecule has 0 aliphatic heterocycles. The summed E-state index contributed by atoms with van der Waals surface area (Å²) >= 11 is 0. The first-order valence-electron chi connectivity index (χ1n) is 6.08. The van der Waals surface area contributed by atoms with Crippen LogP contribution in [-0.4, -0.2) is 22.3 Å². The summed E-state index contributed by atoms with van der Waals surface area (Å²) in [6.07, 6.45) is 1.11. The van der Waals surface area contributed by atoms with Gasteiger partial charge in [-0.1, -0.05) is 30.7 Å². The molecule has 2 aromatic rings. The van der Waals surface area contributed by atoms with Crippen molar-refractivity contribution in [2.75, 3.05) is 0 Å². The maximum absolute atomic E-state index is 11.3. The summed E-state index contributed by atoms with van der Waals surface area (Å²) in [5.41, 5.74) is 3.56. The Hall–Kier alpha value is -2.36. The highest BCUT2D eigenvalue weighted by atomic mass is 16.4. The van der Waals surface area contributed by atoms with Crippen molar-refractivity contribution in [2.24, 2.45) is 0 Å². The van der Waals surface area contributed by atoms with Gasteiger partial charge in [-0.2, -0.15) is 0 Å². The fourth-order valence-electron chi connectivity index (χ4n) is 2.29. The summed E-state index contributed by atoms with van der Waals surface area (Å²) in [6, 6.07) is 7.74. The van der Waals surface area contributed by atoms with Crippen LogP contribution in [-0.2, 0) is 6.42 Å². The van der Waals surface area contributed by atoms with Crippen molar-refractivity contribution in [1.82, 2.24) is 4.98 Å². The Morgan fingerprint density at radius 2 is 2.16 bits per heavy atom. The van der Waals surface area contributed by atoms with Crippen LogP contribution in [0, 0.1) is 6.92 Å². The second-order valence-electron chi connectivity index (χ2n) is 4.41. The number of rotatable bonds is 4. The number of nitrogens with one attached hydrogen (secondary N) is 1. The lowest BCUT2D eigenvalue weighted by atomic mass is 10.0. The van der Waals surface area contributed by atoms with Gasteiger partial charge in [0, 0.05) is 0 Å². The minimum Gasteiger partial charge on any atom is -0.478 e. The van der Waals surface area contributed by atoms with Crippen molar-refractivity contribution >= 4 is 12.3 Å². The summed E-state index contributed by atoms with van der Waals surface area (Å²) in [4.78, 5) is 25.2. The number of aryl methyl sites for hydroxylation is 1. The maximum atomic E-state index is 11.3. The number of carboxylic acid groups (broad SMARTS) is 1. The Morgan fingerprint density at radius 1 is 1.42 bits per heavy atom. The van der Waals surface area contributed by atoms with E-state index in [1.807, 2.05) is 38.1 Å². The maximum Gasteiger partial charge on any atom is 0.338 e. The van der Waals surface area contributed by atoms with E-state index in [1.165, 1.54) is 0 Å². The van der Waals surface area contributed by atoms with Gasteiger partial charge in [0.2, 0.25) is 0 Å². The van der Waals surface area contributed by atoms with E-state index in [4.69, 9.17) is 0 Å². The minimum atomic E-state index is -1.07. The molecule has 1 aromatic carbocycles. The molecule has 1 aromatic heterocycles. The third kappa shape index (κ3) is 2.29. The van der Waals surface area contributed by atoms with Crippen LogP contribution in [0.5, 0.6) is 0 Å². The van der Waals surface area contributed by atoms with Gasteiger partial charge in [-0.25, -0.2) is 4.79 Å². The summed E-state index contributed by atoms with van der Waals surface area (Å²) < 4.78 is 0. The van der Waals surface area contributed by atoms with E-state index in [0.29, 0.717) is 24.0 Å². The highest BCUT2D eigenvalue weighted by Crippen LogP contribution is 2.29. The van der Waals surface area contributed by atoms with Crippen LogP contribution >= 0.6 is 0 Å². The fraction of sp³-hybridized carbons (Fsp3) is 0.200. The monoisotopic (exact) mass is 257 g/mol. The summed E-state index contributed by atoms with van der Waals surface area (Å²) in [6.45, 7) is 3.85. The Labute approximate surface area is 111 Å². The highest BCUT2D eigenvalue weighted by Gasteiger charge is 2.21. The number of hydrogen-bond acceptors (Lipinski definition) is 2. The molecule has 0 bridgehead atoms. The van der Waals surface area contributed by atoms with E-state index in [1.54, 1.807) is 0 Å². The average molecular weight is 257 g/mol. The third-order valence-electron chi connectivity index (χ3n) is 3.12. The molecule has 0 amide bonds. The second kappa shape index (κ2) is 5.10. The molecule has 98 valence electrons. The zero-order valence-electron chi connectivity index (χ0n) is 10.9. The van der Waals surface area contributed by atoms with Gasteiger partial charge < -0.3 is 10.1 Å². The minimum absolute atomic E-state index is 0.0778. The van der Waals surface area contributed by atoms with E-state index in [0.717, 1.165) is 11.1 Å². The average Bonchev–Trinajstić information content (AvgIpc) is 2.77. The number of H-pyrrole nitrogens is 1. The molecule has 0 atom stereocenters. The lowest BCUT2D eigenvalue weighted by Gasteiger charge is -2.04. The van der Waals surface area contributed by atoms with E-state index in [2.05, 4.69) is 4.98 Å². The molecule has 4 heteroatoms. The molecular formula is C15H15NO3. The molecule has 19 heavy (non-hydrogen) atoms. The molecular weight excluding hydrogens is 242 g/mol. The van der Waals surface area contributed by atoms with Crippen LogP contribution in [0.4, 0.5) is 0 Å². The van der Waals surface area contributed by atoms with Crippen LogP contribution in [0.1, 0.15) is 38.9 Å². The van der Waals surface area contributed by atoms with Crippen molar-refractivity contribution in [3.05, 3.63) is 46.6 Å². The number of aromatic nitrogens is 1. The van der Waals surface area contributed by atoms with Crippen LogP contribution in [0.25, 0.3) is 11.3 Å². The van der Waals surface area contributed by atoms with E-state index in [9.17, 15) is 14.7 Å². The predicted octanol–water partition coefficient (Wildman–Crippen LogP) is 3.06. The van der Waals surface area contributed by atoms with Crippen LogP contribution in [0.3, 0.4) is 0 Å². The Kier molecular flexibility index (Phi) is 3.51. The van der Waals surface area contributed by atoms with Crippen molar-refractivity contribution in [1.29, 1.82) is 0 Å². The first kappa shape index (κ1) is 13.1. The molecule has 0 unspecified atom stereocenters. The second-order valence-corrected chi connectivity index (χ2v) is 4.41. The summed E-state index contributed by atoms with van der Waals surface area (Å²) in [5.74, 6) is -1.07. The van der Waals surface area contributed by atoms with Gasteiger partial charge in [-0.3, -0.25) is 4.79 Å². The normalized spacial score (nSPS) is 10.4. The number of carbonyl (C=O) groups is 2. The largest absolute Gasteiger partial charge is 0.478 e. The molecule has 2 N–H and O–H groups in total. The van der Waals surface area contributed by atoms with Crippen molar-refractivity contribution < 1.29 is 14.7 Å². The summed E-state index contributed by atoms with van der Waals surface area (Å²) in [7, 11) is 0. The number of aldehydes is 1. The SMILES string of the molecule is CCc1c(-c2cccc(C)c2)[nH]c(C=O)c1C(=O)O. The van der Waals surface area contributed by atoms with Gasteiger partial charge in [0.25, 0.3) is 0 Å². The van der Waals surface area contributed by atoms with E-state index in [-0.39, 0.29) is 11.3 Å². The quantitative estimate of drug-likeness (QED) is 0.827. The number of aromatic amines is 1. The van der Waals surface area contributed by atoms with Crippen LogP contribution in [0.2, 0.25) is 0 Å². The lowest BCUT2D eigenvalue weighted by Crippen LogP contribution is -2.02. The molecule has 0 saturated carbocycles. The Balaban J connectivity index is 2.70. The molecule has 0 aliphatic rings. The number of carbonyl (C=O) groups excluding carboxylic acids is 1. The zero-order valence-corrected chi connectivity index (χ0v) is 10.9. The Bertz CT molecular complexity index is 641. The van der Waals surface area contributed by atoms with Crippen LogP contribution in [0.15, 0.2) is 24.3 Å². The van der Waals surface area contributed by atoms with Crippen molar-refractivity contribution in [3.8, 4) is 11.3 Å². The number of aromatic carboxylic acids is 1. The topological polar surface area (TPSA) is 70.2 Å². The zero-order chi connectivity index (χ0) is 14.0. The highest BCUT2D eigenvalue weighted by molar-refractivity contribution is 6.00. The number of carboxylic acids is 1.